The summed E-state index contributed by atoms with van der Waals surface area (Å²) in [6.45, 7) is 5.31. The molecular weight excluding hydrogens is 369 g/mol. The lowest BCUT2D eigenvalue weighted by atomic mass is 10.1. The van der Waals surface area contributed by atoms with Crippen molar-refractivity contribution < 1.29 is 18.0 Å². The first kappa shape index (κ1) is 20.0. The number of rotatable bonds is 5. The van der Waals surface area contributed by atoms with E-state index in [-0.39, 0.29) is 34.1 Å². The quantitative estimate of drug-likeness (QED) is 0.779. The largest absolute Gasteiger partial charge is 0.418 e. The van der Waals surface area contributed by atoms with Crippen LogP contribution in [0.1, 0.15) is 42.1 Å². The number of amides is 1. The average molecular weight is 387 g/mol. The molecule has 0 aliphatic carbocycles. The molecule has 140 valence electrons. The molecule has 1 amide bonds. The number of carbonyl (C=O) groups is 1. The van der Waals surface area contributed by atoms with Gasteiger partial charge in [-0.25, -0.2) is 9.97 Å². The lowest BCUT2D eigenvalue weighted by Gasteiger charge is -2.15. The van der Waals surface area contributed by atoms with Gasteiger partial charge in [0.2, 0.25) is 0 Å². The van der Waals surface area contributed by atoms with Gasteiger partial charge in [-0.15, -0.1) is 0 Å². The van der Waals surface area contributed by atoms with Gasteiger partial charge in [0.15, 0.2) is 0 Å². The fraction of sp³-hybridized carbons (Fsp3) is 0.353. The third-order valence-corrected chi connectivity index (χ3v) is 3.85. The zero-order valence-electron chi connectivity index (χ0n) is 14.4. The van der Waals surface area contributed by atoms with Crippen molar-refractivity contribution in [2.45, 2.75) is 39.4 Å². The maximum Gasteiger partial charge on any atom is 0.418 e. The number of nitrogens with one attached hydrogen (secondary N) is 2. The number of halogens is 4. The van der Waals surface area contributed by atoms with Crippen LogP contribution in [0.4, 0.5) is 24.7 Å². The summed E-state index contributed by atoms with van der Waals surface area (Å²) in [5, 5.41) is 5.32. The highest BCUT2D eigenvalue weighted by Gasteiger charge is 2.34. The maximum atomic E-state index is 13.2. The minimum atomic E-state index is -4.59. The molecule has 0 bridgehead atoms. The Morgan fingerprint density at radius 1 is 1.27 bits per heavy atom. The number of benzene rings is 1. The lowest BCUT2D eigenvalue weighted by Crippen LogP contribution is -2.32. The third-order valence-electron chi connectivity index (χ3n) is 3.61. The summed E-state index contributed by atoms with van der Waals surface area (Å²) in [7, 11) is 0. The number of anilines is 2. The normalized spacial score (nSPS) is 12.6. The predicted molar refractivity (Wildman–Crippen MR) is 93.7 cm³/mol. The first-order chi connectivity index (χ1) is 12.1. The highest BCUT2D eigenvalue weighted by Crippen LogP contribution is 2.37. The van der Waals surface area contributed by atoms with Crippen LogP contribution in [0.5, 0.6) is 0 Å². The summed E-state index contributed by atoms with van der Waals surface area (Å²) in [5.74, 6) is -0.0773. The SMILES string of the molecule is CCC(C)NC(=O)c1cc(Nc2ccc(Cl)cc2C(F)(F)F)nc(C)n1. The van der Waals surface area contributed by atoms with E-state index in [0.29, 0.717) is 0 Å². The molecule has 1 atom stereocenters. The van der Waals surface area contributed by atoms with Crippen LogP contribution in [-0.2, 0) is 6.18 Å². The molecule has 0 fully saturated rings. The molecule has 2 N–H and O–H groups in total. The van der Waals surface area contributed by atoms with E-state index in [0.717, 1.165) is 12.5 Å². The topological polar surface area (TPSA) is 66.9 Å². The molecule has 0 saturated carbocycles. The second kappa shape index (κ2) is 7.90. The standard InChI is InChI=1S/C17H18ClF3N4O/c1-4-9(2)22-16(26)14-8-15(24-10(3)23-14)25-13-6-5-11(18)7-12(13)17(19,20)21/h5-9H,4H2,1-3H3,(H,22,26)(H,23,24,25). The second-order valence-corrected chi connectivity index (χ2v) is 6.22. The molecule has 1 unspecified atom stereocenters. The van der Waals surface area contributed by atoms with E-state index in [2.05, 4.69) is 20.6 Å². The Hall–Kier alpha value is -2.35. The molecule has 1 heterocycles. The van der Waals surface area contributed by atoms with E-state index in [4.69, 9.17) is 11.6 Å². The maximum absolute atomic E-state index is 13.2. The monoisotopic (exact) mass is 386 g/mol. The highest BCUT2D eigenvalue weighted by molar-refractivity contribution is 6.30. The Morgan fingerprint density at radius 3 is 2.58 bits per heavy atom. The molecule has 0 spiro atoms. The zero-order valence-corrected chi connectivity index (χ0v) is 15.2. The number of hydrogen-bond donors (Lipinski definition) is 2. The van der Waals surface area contributed by atoms with E-state index in [1.54, 1.807) is 6.92 Å². The number of aryl methyl sites for hydroxylation is 1. The first-order valence-electron chi connectivity index (χ1n) is 7.90. The van der Waals surface area contributed by atoms with Gasteiger partial charge < -0.3 is 10.6 Å². The molecule has 26 heavy (non-hydrogen) atoms. The summed E-state index contributed by atoms with van der Waals surface area (Å²) >= 11 is 5.67. The van der Waals surface area contributed by atoms with Gasteiger partial charge in [-0.3, -0.25) is 4.79 Å². The lowest BCUT2D eigenvalue weighted by molar-refractivity contribution is -0.136. The van der Waals surface area contributed by atoms with E-state index in [9.17, 15) is 18.0 Å². The van der Waals surface area contributed by atoms with Crippen LogP contribution in [-0.4, -0.2) is 21.9 Å². The van der Waals surface area contributed by atoms with Crippen molar-refractivity contribution in [1.82, 2.24) is 15.3 Å². The number of carbonyl (C=O) groups excluding carboxylic acids is 1. The Bertz CT molecular complexity index is 811. The van der Waals surface area contributed by atoms with Gasteiger partial charge in [0.05, 0.1) is 11.3 Å². The predicted octanol–water partition coefficient (Wildman–Crippen LogP) is 4.73. The Balaban J connectivity index is 2.35. The summed E-state index contributed by atoms with van der Waals surface area (Å²) < 4.78 is 39.6. The van der Waals surface area contributed by atoms with E-state index in [1.165, 1.54) is 18.2 Å². The Morgan fingerprint density at radius 2 is 1.96 bits per heavy atom. The molecule has 2 rings (SSSR count). The molecule has 5 nitrogen and oxygen atoms in total. The van der Waals surface area contributed by atoms with Gasteiger partial charge in [0, 0.05) is 17.1 Å². The molecule has 9 heteroatoms. The minimum absolute atomic E-state index is 0.0321. The Labute approximate surface area is 154 Å². The fourth-order valence-electron chi connectivity index (χ4n) is 2.15. The molecule has 0 aliphatic heterocycles. The van der Waals surface area contributed by atoms with E-state index in [1.807, 2.05) is 13.8 Å². The summed E-state index contributed by atoms with van der Waals surface area (Å²) in [6, 6.07) is 4.63. The van der Waals surface area contributed by atoms with Gasteiger partial charge in [0.25, 0.3) is 5.91 Å². The van der Waals surface area contributed by atoms with Crippen LogP contribution in [0.25, 0.3) is 0 Å². The summed E-state index contributed by atoms with van der Waals surface area (Å²) in [4.78, 5) is 20.3. The van der Waals surface area contributed by atoms with Crippen LogP contribution in [0.15, 0.2) is 24.3 Å². The minimum Gasteiger partial charge on any atom is -0.348 e. The highest BCUT2D eigenvalue weighted by atomic mass is 35.5. The summed E-state index contributed by atoms with van der Waals surface area (Å²) in [6.07, 6.45) is -3.85. The first-order valence-corrected chi connectivity index (χ1v) is 8.28. The smallest absolute Gasteiger partial charge is 0.348 e. The van der Waals surface area contributed by atoms with Gasteiger partial charge in [0.1, 0.15) is 17.3 Å². The van der Waals surface area contributed by atoms with E-state index >= 15 is 0 Å². The average Bonchev–Trinajstić information content (AvgIpc) is 2.54. The Kier molecular flexibility index (Phi) is 6.07. The number of hydrogen-bond acceptors (Lipinski definition) is 4. The van der Waals surface area contributed by atoms with Crippen LogP contribution in [0, 0.1) is 6.92 Å². The molecule has 0 aliphatic rings. The van der Waals surface area contributed by atoms with Crippen molar-refractivity contribution in [3.05, 3.63) is 46.4 Å². The van der Waals surface area contributed by atoms with Crippen molar-refractivity contribution in [2.75, 3.05) is 5.32 Å². The zero-order chi connectivity index (χ0) is 19.5. The van der Waals surface area contributed by atoms with Gasteiger partial charge >= 0.3 is 6.18 Å². The number of aromatic nitrogens is 2. The number of alkyl halides is 3. The number of nitrogens with zero attached hydrogens (tertiary/aromatic N) is 2. The van der Waals surface area contributed by atoms with Crippen LogP contribution in [0.3, 0.4) is 0 Å². The van der Waals surface area contributed by atoms with Gasteiger partial charge in [-0.2, -0.15) is 13.2 Å². The fourth-order valence-corrected chi connectivity index (χ4v) is 2.32. The molecule has 1 aromatic carbocycles. The van der Waals surface area contributed by atoms with Crippen molar-refractivity contribution in [3.8, 4) is 0 Å². The molecule has 0 saturated heterocycles. The summed E-state index contributed by atoms with van der Waals surface area (Å²) in [5.41, 5.74) is -1.07. The second-order valence-electron chi connectivity index (χ2n) is 5.78. The van der Waals surface area contributed by atoms with Crippen LogP contribution in [0.2, 0.25) is 5.02 Å². The third kappa shape index (κ3) is 5.08. The molecular formula is C17H18ClF3N4O. The van der Waals surface area contributed by atoms with Crippen LogP contribution < -0.4 is 10.6 Å². The van der Waals surface area contributed by atoms with Crippen molar-refractivity contribution in [1.29, 1.82) is 0 Å². The van der Waals surface area contributed by atoms with Crippen LogP contribution >= 0.6 is 11.6 Å². The van der Waals surface area contributed by atoms with Crippen molar-refractivity contribution >= 4 is 29.0 Å². The molecule has 0 radical (unpaired) electrons. The molecule has 1 aromatic heterocycles. The van der Waals surface area contributed by atoms with Gasteiger partial charge in [-0.1, -0.05) is 18.5 Å². The van der Waals surface area contributed by atoms with E-state index < -0.39 is 17.6 Å². The van der Waals surface area contributed by atoms with Crippen molar-refractivity contribution in [3.63, 3.8) is 0 Å². The van der Waals surface area contributed by atoms with Gasteiger partial charge in [-0.05, 0) is 38.5 Å². The molecule has 2 aromatic rings. The van der Waals surface area contributed by atoms with Crippen molar-refractivity contribution in [2.24, 2.45) is 0 Å².